The monoisotopic (exact) mass is 1150 g/mol. The third-order valence-electron chi connectivity index (χ3n) is 18.3. The average Bonchev–Trinajstić information content (AvgIpc) is 1.70. The summed E-state index contributed by atoms with van der Waals surface area (Å²) in [6.45, 7) is 13.6. The van der Waals surface area contributed by atoms with Crippen LogP contribution in [-0.4, -0.2) is 0 Å². The maximum absolute atomic E-state index is 7.44. The van der Waals surface area contributed by atoms with Gasteiger partial charge in [0, 0.05) is 54.7 Å². The summed E-state index contributed by atoms with van der Waals surface area (Å²) < 4.78 is 14.8. The molecule has 16 rings (SSSR count). The minimum Gasteiger partial charge on any atom is -0.454 e. The van der Waals surface area contributed by atoms with Crippen molar-refractivity contribution in [3.05, 3.63) is 302 Å². The van der Waals surface area contributed by atoms with Gasteiger partial charge in [0.25, 0.3) is 0 Å². The van der Waals surface area contributed by atoms with Crippen LogP contribution in [0.4, 0.5) is 28.4 Å². The van der Waals surface area contributed by atoms with E-state index in [-0.39, 0.29) is 10.8 Å². The first-order valence-electron chi connectivity index (χ1n) is 31.1. The van der Waals surface area contributed by atoms with Gasteiger partial charge in [-0.05, 0) is 121 Å². The molecule has 1 aliphatic carbocycles. The Hall–Kier alpha value is -10.7. The van der Waals surface area contributed by atoms with E-state index in [9.17, 15) is 0 Å². The Labute approximate surface area is 519 Å². The highest BCUT2D eigenvalue weighted by Gasteiger charge is 2.32. The van der Waals surface area contributed by atoms with Gasteiger partial charge >= 0.3 is 0 Å². The Morgan fingerprint density at radius 1 is 0.326 bits per heavy atom. The molecule has 0 saturated heterocycles. The minimum atomic E-state index is -0.149. The summed E-state index contributed by atoms with van der Waals surface area (Å²) in [5, 5.41) is 10.3. The zero-order valence-electron chi connectivity index (χ0n) is 51.0. The SMILES string of the molecule is CC(C)(C)c1cccc2c3c(oc12)C(N(c1ccc(-c2ccccc2)cc1-c1ccccc1)c1ccc2ccc4c(N(c5ccc(-c6ccccc6)cc5-c5ccccc5)c5cccc6c5oc5c(C(C)(C)C)cccc56)ccc5ccc1c2c54)=CC=CC3. The van der Waals surface area contributed by atoms with Crippen molar-refractivity contribution in [2.75, 3.05) is 9.80 Å². The highest BCUT2D eigenvalue weighted by Crippen LogP contribution is 2.54. The Bertz CT molecular complexity index is 5290. The number of fused-ring (bicyclic) bond motifs is 6. The van der Waals surface area contributed by atoms with E-state index in [2.05, 4.69) is 330 Å². The van der Waals surface area contributed by atoms with Crippen molar-refractivity contribution in [2.24, 2.45) is 0 Å². The summed E-state index contributed by atoms with van der Waals surface area (Å²) in [5.41, 5.74) is 21.2. The van der Waals surface area contributed by atoms with E-state index in [0.717, 1.165) is 145 Å². The van der Waals surface area contributed by atoms with E-state index in [1.807, 2.05) is 0 Å². The van der Waals surface area contributed by atoms with E-state index < -0.39 is 0 Å². The Morgan fingerprint density at radius 2 is 0.764 bits per heavy atom. The zero-order chi connectivity index (χ0) is 60.1. The van der Waals surface area contributed by atoms with Crippen LogP contribution in [0.2, 0.25) is 0 Å². The lowest BCUT2D eigenvalue weighted by Gasteiger charge is -2.32. The van der Waals surface area contributed by atoms with E-state index in [4.69, 9.17) is 8.83 Å². The number of hydrogen-bond donors (Lipinski definition) is 0. The van der Waals surface area contributed by atoms with Crippen LogP contribution in [0.15, 0.2) is 288 Å². The van der Waals surface area contributed by atoms with Crippen LogP contribution >= 0.6 is 0 Å². The molecular formula is C85H66N2O2. The maximum atomic E-state index is 7.44. The predicted molar refractivity (Wildman–Crippen MR) is 377 cm³/mol. The number of nitrogens with zero attached hydrogens (tertiary/aromatic N) is 2. The number of rotatable bonds is 10. The fourth-order valence-electron chi connectivity index (χ4n) is 14.1. The van der Waals surface area contributed by atoms with Crippen LogP contribution in [0.1, 0.15) is 64.0 Å². The fraction of sp³-hybridized carbons (Fsp3) is 0.106. The molecule has 13 aromatic carbocycles. The van der Waals surface area contributed by atoms with Gasteiger partial charge < -0.3 is 18.6 Å². The van der Waals surface area contributed by atoms with E-state index >= 15 is 0 Å². The quantitative estimate of drug-likeness (QED) is 0.128. The lowest BCUT2D eigenvalue weighted by Crippen LogP contribution is -2.17. The van der Waals surface area contributed by atoms with Crippen molar-refractivity contribution >= 4 is 99.4 Å². The summed E-state index contributed by atoms with van der Waals surface area (Å²) >= 11 is 0. The highest BCUT2D eigenvalue weighted by molar-refractivity contribution is 6.29. The molecular weight excluding hydrogens is 1080 g/mol. The van der Waals surface area contributed by atoms with Gasteiger partial charge in [0.2, 0.25) is 0 Å². The number of benzene rings is 13. The lowest BCUT2D eigenvalue weighted by atomic mass is 9.85. The molecule has 0 unspecified atom stereocenters. The molecule has 428 valence electrons. The zero-order valence-corrected chi connectivity index (χ0v) is 51.0. The molecule has 0 bridgehead atoms. The van der Waals surface area contributed by atoms with Gasteiger partial charge in [0.1, 0.15) is 11.2 Å². The summed E-state index contributed by atoms with van der Waals surface area (Å²) in [6.07, 6.45) is 7.51. The smallest absolute Gasteiger partial charge is 0.159 e. The molecule has 0 radical (unpaired) electrons. The normalized spacial score (nSPS) is 12.8. The van der Waals surface area contributed by atoms with Gasteiger partial charge in [-0.25, -0.2) is 0 Å². The van der Waals surface area contributed by atoms with Crippen LogP contribution in [-0.2, 0) is 17.3 Å². The molecule has 0 spiro atoms. The van der Waals surface area contributed by atoms with Gasteiger partial charge in [0.15, 0.2) is 11.3 Å². The van der Waals surface area contributed by atoms with Crippen molar-refractivity contribution in [1.82, 2.24) is 0 Å². The molecule has 15 aromatic rings. The van der Waals surface area contributed by atoms with Crippen LogP contribution < -0.4 is 9.80 Å². The van der Waals surface area contributed by atoms with E-state index in [0.29, 0.717) is 0 Å². The molecule has 4 heteroatoms. The number of furan rings is 2. The van der Waals surface area contributed by atoms with Crippen molar-refractivity contribution in [3.8, 4) is 44.5 Å². The first-order valence-corrected chi connectivity index (χ1v) is 31.1. The third kappa shape index (κ3) is 9.04. The topological polar surface area (TPSA) is 32.8 Å². The largest absolute Gasteiger partial charge is 0.454 e. The number of hydrogen-bond acceptors (Lipinski definition) is 4. The number of para-hydroxylation sites is 3. The first kappa shape index (κ1) is 53.8. The second-order valence-corrected chi connectivity index (χ2v) is 25.9. The van der Waals surface area contributed by atoms with Crippen LogP contribution in [0.3, 0.4) is 0 Å². The Kier molecular flexibility index (Phi) is 12.7. The Balaban J connectivity index is 0.985. The van der Waals surface area contributed by atoms with Crippen molar-refractivity contribution < 1.29 is 8.83 Å². The number of allylic oxidation sites excluding steroid dienone is 3. The van der Waals surface area contributed by atoms with Crippen molar-refractivity contribution in [1.29, 1.82) is 0 Å². The van der Waals surface area contributed by atoms with Gasteiger partial charge in [0.05, 0.1) is 34.1 Å². The molecule has 0 aliphatic heterocycles. The summed E-state index contributed by atoms with van der Waals surface area (Å²) in [7, 11) is 0. The van der Waals surface area contributed by atoms with Crippen molar-refractivity contribution in [2.45, 2.75) is 58.8 Å². The number of anilines is 5. The van der Waals surface area contributed by atoms with Crippen LogP contribution in [0, 0.1) is 0 Å². The fourth-order valence-corrected chi connectivity index (χ4v) is 14.1. The summed E-state index contributed by atoms with van der Waals surface area (Å²) in [6, 6.07) is 95.8. The molecule has 0 N–H and O–H groups in total. The van der Waals surface area contributed by atoms with E-state index in [1.165, 1.54) is 27.5 Å². The molecule has 2 aromatic heterocycles. The molecule has 0 atom stereocenters. The lowest BCUT2D eigenvalue weighted by molar-refractivity contribution is 0.550. The molecule has 89 heavy (non-hydrogen) atoms. The molecule has 4 nitrogen and oxygen atoms in total. The van der Waals surface area contributed by atoms with Gasteiger partial charge in [-0.3, -0.25) is 0 Å². The van der Waals surface area contributed by atoms with E-state index in [1.54, 1.807) is 0 Å². The predicted octanol–water partition coefficient (Wildman–Crippen LogP) is 24.3. The van der Waals surface area contributed by atoms with Gasteiger partial charge in [-0.15, -0.1) is 0 Å². The molecule has 0 fully saturated rings. The van der Waals surface area contributed by atoms with Crippen molar-refractivity contribution in [3.63, 3.8) is 0 Å². The minimum absolute atomic E-state index is 0.146. The summed E-state index contributed by atoms with van der Waals surface area (Å²) in [5.74, 6) is 0.873. The average molecular weight is 1150 g/mol. The summed E-state index contributed by atoms with van der Waals surface area (Å²) in [4.78, 5) is 4.98. The Morgan fingerprint density at radius 3 is 1.29 bits per heavy atom. The third-order valence-corrected chi connectivity index (χ3v) is 18.3. The second kappa shape index (κ2) is 21.0. The van der Waals surface area contributed by atoms with Crippen LogP contribution in [0.5, 0.6) is 0 Å². The van der Waals surface area contributed by atoms with Gasteiger partial charge in [-0.2, -0.15) is 0 Å². The second-order valence-electron chi connectivity index (χ2n) is 25.9. The van der Waals surface area contributed by atoms with Gasteiger partial charge in [-0.1, -0.05) is 272 Å². The van der Waals surface area contributed by atoms with Crippen LogP contribution in [0.25, 0.3) is 115 Å². The standard InChI is InChI=1S/C85H66N2O2/c1-84(2,3)70-36-21-33-62-64-32-19-20-38-76(82(64)88-80(62)70)86(74-50-44-60(54-24-11-7-12-25-54)52-68(74)56-28-15-9-16-29-56)72-48-42-58-41-47-67-73(49-43-59-40-46-66(72)78(58)79(59)67)87(77-39-23-35-65-63-34-22-37-71(85(4,5)6)81(63)89-83(65)77)75-51-45-61(55-26-13-8-14-27-55)53-69(75)57-30-17-10-18-31-57/h7-31,33-53H,32H2,1-6H3. The molecule has 0 amide bonds. The molecule has 1 aliphatic rings. The maximum Gasteiger partial charge on any atom is 0.159 e. The molecule has 0 saturated carbocycles. The molecule has 2 heterocycles. The first-order chi connectivity index (χ1) is 43.4. The highest BCUT2D eigenvalue weighted by atomic mass is 16.3.